The Morgan fingerprint density at radius 1 is 1.30 bits per heavy atom. The molecule has 1 heterocycles. The average Bonchev–Trinajstić information content (AvgIpc) is 2.77. The van der Waals surface area contributed by atoms with E-state index in [4.69, 9.17) is 5.11 Å². The predicted molar refractivity (Wildman–Crippen MR) is 78.9 cm³/mol. The normalized spacial score (nSPS) is 23.1. The van der Waals surface area contributed by atoms with Crippen molar-refractivity contribution >= 4 is 32.9 Å². The summed E-state index contributed by atoms with van der Waals surface area (Å²) in [5.41, 5.74) is 1.56. The van der Waals surface area contributed by atoms with Gasteiger partial charge in [-0.1, -0.05) is 6.07 Å². The van der Waals surface area contributed by atoms with E-state index in [1.807, 2.05) is 18.2 Å². The van der Waals surface area contributed by atoms with Crippen molar-refractivity contribution in [1.29, 1.82) is 0 Å². The number of carbonyl (C=O) groups is 1. The predicted octanol–water partition coefficient (Wildman–Crippen LogP) is 2.91. The van der Waals surface area contributed by atoms with Crippen LogP contribution in [0.4, 0.5) is 0 Å². The van der Waals surface area contributed by atoms with Crippen LogP contribution in [-0.2, 0) is 4.79 Å². The molecule has 0 spiro atoms. The summed E-state index contributed by atoms with van der Waals surface area (Å²) in [7, 11) is 0. The first-order valence-corrected chi connectivity index (χ1v) is 7.48. The van der Waals surface area contributed by atoms with Crippen molar-refractivity contribution in [2.75, 3.05) is 0 Å². The highest BCUT2D eigenvalue weighted by Crippen LogP contribution is 2.34. The number of imidazole rings is 1. The van der Waals surface area contributed by atoms with Crippen molar-refractivity contribution in [3.63, 3.8) is 0 Å². The zero-order valence-electron chi connectivity index (χ0n) is 10.8. The summed E-state index contributed by atoms with van der Waals surface area (Å²) in [6.45, 7) is 0. The number of carboxylic acid groups (broad SMARTS) is 1. The summed E-state index contributed by atoms with van der Waals surface area (Å²) in [5, 5.41) is 9.04. The maximum Gasteiger partial charge on any atom is 0.326 e. The highest BCUT2D eigenvalue weighted by Gasteiger charge is 2.28. The van der Waals surface area contributed by atoms with Gasteiger partial charge in [0.25, 0.3) is 0 Å². The molecule has 1 aromatic heterocycles. The number of aromatic nitrogens is 2. The number of fused-ring (bicyclic) bond motifs is 1. The van der Waals surface area contributed by atoms with Gasteiger partial charge >= 0.3 is 11.7 Å². The molecule has 1 aliphatic rings. The van der Waals surface area contributed by atoms with Gasteiger partial charge in [0.1, 0.15) is 0 Å². The molecule has 2 aromatic rings. The van der Waals surface area contributed by atoms with E-state index in [-0.39, 0.29) is 17.6 Å². The fourth-order valence-corrected chi connectivity index (χ4v) is 3.51. The van der Waals surface area contributed by atoms with Gasteiger partial charge in [-0.15, -0.1) is 0 Å². The number of aromatic amines is 1. The summed E-state index contributed by atoms with van der Waals surface area (Å²) in [4.78, 5) is 26.0. The van der Waals surface area contributed by atoms with Crippen LogP contribution in [0.2, 0.25) is 0 Å². The fraction of sp³-hybridized carbons (Fsp3) is 0.429. The molecule has 0 aliphatic heterocycles. The van der Waals surface area contributed by atoms with E-state index in [2.05, 4.69) is 20.9 Å². The van der Waals surface area contributed by atoms with Gasteiger partial charge in [0.05, 0.1) is 17.0 Å². The number of hydrogen-bond donors (Lipinski definition) is 2. The third-order valence-corrected chi connectivity index (χ3v) is 4.77. The number of hydrogen-bond acceptors (Lipinski definition) is 2. The van der Waals surface area contributed by atoms with Crippen LogP contribution in [0.5, 0.6) is 0 Å². The molecule has 0 amide bonds. The van der Waals surface area contributed by atoms with E-state index >= 15 is 0 Å². The van der Waals surface area contributed by atoms with Crippen LogP contribution in [0, 0.1) is 5.92 Å². The van der Waals surface area contributed by atoms with Crippen LogP contribution in [0.15, 0.2) is 27.5 Å². The van der Waals surface area contributed by atoms with E-state index in [0.29, 0.717) is 12.8 Å². The van der Waals surface area contributed by atoms with Crippen molar-refractivity contribution in [2.24, 2.45) is 5.92 Å². The van der Waals surface area contributed by atoms with Gasteiger partial charge in [0, 0.05) is 10.5 Å². The second-order valence-corrected chi connectivity index (χ2v) is 6.13. The number of carboxylic acids is 1. The molecule has 106 valence electrons. The lowest BCUT2D eigenvalue weighted by atomic mass is 9.86. The first-order chi connectivity index (χ1) is 9.58. The third-order valence-electron chi connectivity index (χ3n) is 4.11. The van der Waals surface area contributed by atoms with Gasteiger partial charge in [0.15, 0.2) is 0 Å². The van der Waals surface area contributed by atoms with Gasteiger partial charge in [0.2, 0.25) is 0 Å². The highest BCUT2D eigenvalue weighted by atomic mass is 79.9. The van der Waals surface area contributed by atoms with E-state index in [1.54, 1.807) is 4.57 Å². The molecular weight excluding hydrogens is 324 g/mol. The molecule has 0 bridgehead atoms. The summed E-state index contributed by atoms with van der Waals surface area (Å²) >= 11 is 3.44. The lowest BCUT2D eigenvalue weighted by Crippen LogP contribution is -2.28. The molecule has 3 rings (SSSR count). The largest absolute Gasteiger partial charge is 0.481 e. The van der Waals surface area contributed by atoms with Crippen LogP contribution in [0.3, 0.4) is 0 Å². The van der Waals surface area contributed by atoms with Gasteiger partial charge in [-0.05, 0) is 53.7 Å². The molecule has 0 saturated heterocycles. The summed E-state index contributed by atoms with van der Waals surface area (Å²) in [6.07, 6.45) is 2.73. The number of rotatable bonds is 2. The lowest BCUT2D eigenvalue weighted by molar-refractivity contribution is -0.143. The Hall–Kier alpha value is -1.56. The SMILES string of the molecule is O=C(O)C1CCC(n2c(=O)[nH]c3c(Br)cccc32)CC1. The molecule has 1 fully saturated rings. The summed E-state index contributed by atoms with van der Waals surface area (Å²) in [6, 6.07) is 5.80. The molecule has 5 nitrogen and oxygen atoms in total. The Morgan fingerprint density at radius 3 is 2.65 bits per heavy atom. The molecule has 0 unspecified atom stereocenters. The Labute approximate surface area is 123 Å². The minimum atomic E-state index is -0.725. The Balaban J connectivity index is 1.96. The van der Waals surface area contributed by atoms with Crippen LogP contribution in [0.25, 0.3) is 11.0 Å². The maximum atomic E-state index is 12.2. The van der Waals surface area contributed by atoms with E-state index in [9.17, 15) is 9.59 Å². The molecule has 0 radical (unpaired) electrons. The summed E-state index contributed by atoms with van der Waals surface area (Å²) in [5.74, 6) is -0.989. The number of halogens is 1. The number of aliphatic carboxylic acids is 1. The monoisotopic (exact) mass is 338 g/mol. The third kappa shape index (κ3) is 2.18. The van der Waals surface area contributed by atoms with Crippen molar-refractivity contribution in [3.05, 3.63) is 33.2 Å². The fourth-order valence-electron chi connectivity index (χ4n) is 3.06. The van der Waals surface area contributed by atoms with E-state index < -0.39 is 5.97 Å². The first kappa shape index (κ1) is 13.4. The molecule has 6 heteroatoms. The standard InChI is InChI=1S/C14H15BrN2O3/c15-10-2-1-3-11-12(10)16-14(20)17(11)9-6-4-8(5-7-9)13(18)19/h1-3,8-9H,4-7H2,(H,16,20)(H,18,19). The molecule has 1 saturated carbocycles. The summed E-state index contributed by atoms with van der Waals surface area (Å²) < 4.78 is 2.64. The molecular formula is C14H15BrN2O3. The number of para-hydroxylation sites is 1. The van der Waals surface area contributed by atoms with Crippen molar-refractivity contribution < 1.29 is 9.90 Å². The molecule has 2 N–H and O–H groups in total. The molecule has 20 heavy (non-hydrogen) atoms. The smallest absolute Gasteiger partial charge is 0.326 e. The van der Waals surface area contributed by atoms with Gasteiger partial charge in [-0.2, -0.15) is 0 Å². The van der Waals surface area contributed by atoms with Crippen molar-refractivity contribution in [2.45, 2.75) is 31.7 Å². The Kier molecular flexibility index (Phi) is 3.41. The topological polar surface area (TPSA) is 75.1 Å². The zero-order valence-corrected chi connectivity index (χ0v) is 12.4. The van der Waals surface area contributed by atoms with Crippen LogP contribution < -0.4 is 5.69 Å². The second-order valence-electron chi connectivity index (χ2n) is 5.28. The number of nitrogens with zero attached hydrogens (tertiary/aromatic N) is 1. The minimum absolute atomic E-state index is 0.0844. The van der Waals surface area contributed by atoms with Gasteiger partial charge < -0.3 is 10.1 Å². The van der Waals surface area contributed by atoms with Crippen LogP contribution in [0.1, 0.15) is 31.7 Å². The highest BCUT2D eigenvalue weighted by molar-refractivity contribution is 9.10. The minimum Gasteiger partial charge on any atom is -0.481 e. The van der Waals surface area contributed by atoms with Crippen molar-refractivity contribution in [3.8, 4) is 0 Å². The van der Waals surface area contributed by atoms with Gasteiger partial charge in [-0.3, -0.25) is 9.36 Å². The van der Waals surface area contributed by atoms with E-state index in [0.717, 1.165) is 28.3 Å². The molecule has 1 aromatic carbocycles. The molecule has 1 aliphatic carbocycles. The Morgan fingerprint density at radius 2 is 2.00 bits per heavy atom. The van der Waals surface area contributed by atoms with Gasteiger partial charge in [-0.25, -0.2) is 4.79 Å². The first-order valence-electron chi connectivity index (χ1n) is 6.69. The average molecular weight is 339 g/mol. The number of nitrogens with one attached hydrogen (secondary N) is 1. The number of H-pyrrole nitrogens is 1. The quantitative estimate of drug-likeness (QED) is 0.883. The second kappa shape index (κ2) is 5.09. The van der Waals surface area contributed by atoms with Crippen LogP contribution >= 0.6 is 15.9 Å². The molecule has 0 atom stereocenters. The lowest BCUT2D eigenvalue weighted by Gasteiger charge is -2.27. The van der Waals surface area contributed by atoms with E-state index in [1.165, 1.54) is 0 Å². The van der Waals surface area contributed by atoms with Crippen molar-refractivity contribution in [1.82, 2.24) is 9.55 Å². The maximum absolute atomic E-state index is 12.2. The Bertz CT molecular complexity index is 711. The zero-order chi connectivity index (χ0) is 14.3. The number of benzene rings is 1. The van der Waals surface area contributed by atoms with Crippen LogP contribution in [-0.4, -0.2) is 20.6 Å².